The van der Waals surface area contributed by atoms with Crippen molar-refractivity contribution in [3.8, 4) is 0 Å². The Morgan fingerprint density at radius 1 is 1.20 bits per heavy atom. The summed E-state index contributed by atoms with van der Waals surface area (Å²) in [6.45, 7) is 1.35. The van der Waals surface area contributed by atoms with Gasteiger partial charge >= 0.3 is 6.03 Å². The van der Waals surface area contributed by atoms with E-state index < -0.39 is 16.1 Å². The highest BCUT2D eigenvalue weighted by Gasteiger charge is 2.33. The Morgan fingerprint density at radius 3 is 2.73 bits per heavy atom. The van der Waals surface area contributed by atoms with Gasteiger partial charge in [0.2, 0.25) is 10.0 Å². The molecule has 1 fully saturated rings. The predicted molar refractivity (Wildman–Crippen MR) is 119 cm³/mol. The van der Waals surface area contributed by atoms with E-state index in [1.807, 2.05) is 24.3 Å². The monoisotopic (exact) mass is 491 g/mol. The number of halogens is 1. The van der Waals surface area contributed by atoms with Crippen molar-refractivity contribution in [3.05, 3.63) is 52.8 Å². The maximum atomic E-state index is 13.3. The highest BCUT2D eigenvalue weighted by molar-refractivity contribution is 9.10. The fraction of sp³-hybridized carbons (Fsp3) is 0.300. The van der Waals surface area contributed by atoms with Gasteiger partial charge in [-0.3, -0.25) is 10.3 Å². The summed E-state index contributed by atoms with van der Waals surface area (Å²) < 4.78 is 28.9. The van der Waals surface area contributed by atoms with Gasteiger partial charge in [0.25, 0.3) is 0 Å². The lowest BCUT2D eigenvalue weighted by molar-refractivity contribution is 0.252. The smallest absolute Gasteiger partial charge is 0.320 e. The summed E-state index contributed by atoms with van der Waals surface area (Å²) in [5.74, 6) is 0.172. The first kappa shape index (κ1) is 20.8. The first-order valence-corrected chi connectivity index (χ1v) is 11.9. The number of hydrogen-bond donors (Lipinski definition) is 3. The van der Waals surface area contributed by atoms with Gasteiger partial charge in [0.15, 0.2) is 0 Å². The number of nitrogens with zero attached hydrogens (tertiary/aromatic N) is 2. The zero-order chi connectivity index (χ0) is 21.1. The second-order valence-corrected chi connectivity index (χ2v) is 9.87. The molecule has 30 heavy (non-hydrogen) atoms. The molecule has 1 aromatic carbocycles. The topological polar surface area (TPSA) is 107 Å². The quantitative estimate of drug-likeness (QED) is 0.490. The maximum absolute atomic E-state index is 13.3. The molecule has 2 amide bonds. The molecule has 4 rings (SSSR count). The summed E-state index contributed by atoms with van der Waals surface area (Å²) in [7, 11) is -3.75. The van der Waals surface area contributed by atoms with Crippen molar-refractivity contribution in [2.24, 2.45) is 0 Å². The number of benzene rings is 1. The Morgan fingerprint density at radius 2 is 2.00 bits per heavy atom. The number of fused-ring (bicyclic) bond motifs is 1. The summed E-state index contributed by atoms with van der Waals surface area (Å²) in [4.78, 5) is 19.8. The highest BCUT2D eigenvalue weighted by atomic mass is 79.9. The van der Waals surface area contributed by atoms with E-state index in [4.69, 9.17) is 0 Å². The number of hydrogen-bond acceptors (Lipinski definition) is 4. The molecule has 158 valence electrons. The lowest BCUT2D eigenvalue weighted by Crippen LogP contribution is -2.32. The van der Waals surface area contributed by atoms with Crippen LogP contribution in [-0.2, 0) is 16.4 Å². The van der Waals surface area contributed by atoms with Crippen LogP contribution in [0.25, 0.3) is 10.9 Å². The van der Waals surface area contributed by atoms with Crippen molar-refractivity contribution in [2.45, 2.75) is 24.2 Å². The molecule has 10 heteroatoms. The average Bonchev–Trinajstić information content (AvgIpc) is 3.37. The van der Waals surface area contributed by atoms with Gasteiger partial charge in [0.05, 0.1) is 0 Å². The third-order valence-corrected chi connectivity index (χ3v) is 7.49. The molecule has 3 aromatic rings. The van der Waals surface area contributed by atoms with E-state index in [2.05, 4.69) is 36.5 Å². The molecule has 8 nitrogen and oxygen atoms in total. The lowest BCUT2D eigenvalue weighted by atomic mass is 10.2. The Hall–Kier alpha value is -2.43. The molecule has 0 spiro atoms. The first-order valence-electron chi connectivity index (χ1n) is 9.71. The number of carbonyl (C=O) groups excluding carboxylic acids is 1. The van der Waals surface area contributed by atoms with Gasteiger partial charge in [-0.1, -0.05) is 22.0 Å². The summed E-state index contributed by atoms with van der Waals surface area (Å²) in [6, 6.07) is 10.5. The number of rotatable bonds is 6. The zero-order valence-electron chi connectivity index (χ0n) is 16.2. The minimum atomic E-state index is -3.75. The Labute approximate surface area is 183 Å². The van der Waals surface area contributed by atoms with Crippen LogP contribution in [0.4, 0.5) is 10.6 Å². The molecule has 0 unspecified atom stereocenters. The van der Waals surface area contributed by atoms with Crippen LogP contribution in [0, 0.1) is 0 Å². The molecule has 1 aliphatic heterocycles. The molecule has 0 radical (unpaired) electrons. The SMILES string of the molecule is O=C(NCCc1ccccn1)Nc1[nH]c2ccc(Br)cc2c1S(=O)(=O)N1CCCC1. The number of sulfonamides is 1. The molecule has 0 aliphatic carbocycles. The minimum Gasteiger partial charge on any atom is -0.340 e. The van der Waals surface area contributed by atoms with Gasteiger partial charge in [-0.15, -0.1) is 0 Å². The third kappa shape index (κ3) is 4.35. The van der Waals surface area contributed by atoms with Crippen LogP contribution in [0.2, 0.25) is 0 Å². The minimum absolute atomic E-state index is 0.0978. The van der Waals surface area contributed by atoms with E-state index in [1.54, 1.807) is 18.3 Å². The Bertz CT molecular complexity index is 1160. The van der Waals surface area contributed by atoms with Crippen molar-refractivity contribution < 1.29 is 13.2 Å². The number of carbonyl (C=O) groups is 1. The fourth-order valence-corrected chi connectivity index (χ4v) is 5.73. The number of amides is 2. The van der Waals surface area contributed by atoms with E-state index in [9.17, 15) is 13.2 Å². The maximum Gasteiger partial charge on any atom is 0.320 e. The number of aromatic nitrogens is 2. The number of pyridine rings is 1. The van der Waals surface area contributed by atoms with E-state index in [1.165, 1.54) is 4.31 Å². The molecule has 1 aliphatic rings. The average molecular weight is 492 g/mol. The van der Waals surface area contributed by atoms with Crippen LogP contribution in [0.5, 0.6) is 0 Å². The number of nitrogens with one attached hydrogen (secondary N) is 3. The fourth-order valence-electron chi connectivity index (χ4n) is 3.56. The van der Waals surface area contributed by atoms with Crippen molar-refractivity contribution >= 4 is 48.7 Å². The van der Waals surface area contributed by atoms with Crippen LogP contribution >= 0.6 is 15.9 Å². The van der Waals surface area contributed by atoms with Crippen molar-refractivity contribution in [1.82, 2.24) is 19.6 Å². The third-order valence-electron chi connectivity index (χ3n) is 5.01. The highest BCUT2D eigenvalue weighted by Crippen LogP contribution is 2.35. The molecule has 3 heterocycles. The normalized spacial score (nSPS) is 14.8. The van der Waals surface area contributed by atoms with E-state index >= 15 is 0 Å². The second-order valence-electron chi connectivity index (χ2n) is 7.08. The van der Waals surface area contributed by atoms with Crippen molar-refractivity contribution in [2.75, 3.05) is 25.0 Å². The Balaban J connectivity index is 1.58. The molecule has 0 saturated carbocycles. The van der Waals surface area contributed by atoms with Gasteiger partial charge in [-0.25, -0.2) is 13.2 Å². The number of H-pyrrole nitrogens is 1. The van der Waals surface area contributed by atoms with Crippen LogP contribution in [0.3, 0.4) is 0 Å². The van der Waals surface area contributed by atoms with Gasteiger partial charge in [-0.2, -0.15) is 4.31 Å². The summed E-state index contributed by atoms with van der Waals surface area (Å²) in [5.41, 5.74) is 1.50. The van der Waals surface area contributed by atoms with E-state index in [-0.39, 0.29) is 10.7 Å². The van der Waals surface area contributed by atoms with Crippen LogP contribution in [0.15, 0.2) is 52.0 Å². The van der Waals surface area contributed by atoms with Gasteiger partial charge in [-0.05, 0) is 43.2 Å². The molecular formula is C20H22BrN5O3S. The summed E-state index contributed by atoms with van der Waals surface area (Å²) in [6.07, 6.45) is 3.95. The molecule has 0 atom stereocenters. The Kier molecular flexibility index (Phi) is 6.07. The summed E-state index contributed by atoms with van der Waals surface area (Å²) >= 11 is 3.41. The van der Waals surface area contributed by atoms with Gasteiger partial charge < -0.3 is 10.3 Å². The van der Waals surface area contributed by atoms with Gasteiger partial charge in [0.1, 0.15) is 10.7 Å². The van der Waals surface area contributed by atoms with E-state index in [0.29, 0.717) is 37.0 Å². The largest absolute Gasteiger partial charge is 0.340 e. The molecular weight excluding hydrogens is 470 g/mol. The van der Waals surface area contributed by atoms with Crippen LogP contribution in [0.1, 0.15) is 18.5 Å². The van der Waals surface area contributed by atoms with Gasteiger partial charge in [0, 0.05) is 53.3 Å². The zero-order valence-corrected chi connectivity index (χ0v) is 18.6. The number of aromatic amines is 1. The molecule has 1 saturated heterocycles. The van der Waals surface area contributed by atoms with Crippen LogP contribution in [-0.4, -0.2) is 48.4 Å². The molecule has 2 aromatic heterocycles. The number of urea groups is 1. The standard InChI is InChI=1S/C20H22BrN5O3S/c21-14-6-7-17-16(13-14)18(30(28,29)26-11-3-4-12-26)19(24-17)25-20(27)23-10-8-15-5-1-2-9-22-15/h1-2,5-7,9,13,24H,3-4,8,10-12H2,(H2,23,25,27). The predicted octanol–water partition coefficient (Wildman–Crippen LogP) is 3.47. The first-order chi connectivity index (χ1) is 14.4. The van der Waals surface area contributed by atoms with E-state index in [0.717, 1.165) is 23.0 Å². The number of anilines is 1. The van der Waals surface area contributed by atoms with Crippen molar-refractivity contribution in [1.29, 1.82) is 0 Å². The second kappa shape index (κ2) is 8.75. The summed E-state index contributed by atoms with van der Waals surface area (Å²) in [5, 5.41) is 5.99. The lowest BCUT2D eigenvalue weighted by Gasteiger charge is -2.16. The van der Waals surface area contributed by atoms with Crippen LogP contribution < -0.4 is 10.6 Å². The van der Waals surface area contributed by atoms with Crippen molar-refractivity contribution in [3.63, 3.8) is 0 Å². The molecule has 0 bridgehead atoms. The molecule has 3 N–H and O–H groups in total.